The summed E-state index contributed by atoms with van der Waals surface area (Å²) in [6, 6.07) is 11.0. The van der Waals surface area contributed by atoms with Gasteiger partial charge in [0.15, 0.2) is 0 Å². The first kappa shape index (κ1) is 19.4. The van der Waals surface area contributed by atoms with E-state index in [9.17, 15) is 4.79 Å². The van der Waals surface area contributed by atoms with Crippen LogP contribution in [-0.4, -0.2) is 42.2 Å². The predicted octanol–water partition coefficient (Wildman–Crippen LogP) is 3.51. The van der Waals surface area contributed by atoms with Crippen molar-refractivity contribution in [3.63, 3.8) is 0 Å². The summed E-state index contributed by atoms with van der Waals surface area (Å²) in [6.07, 6.45) is 1.67. The van der Waals surface area contributed by atoms with Gasteiger partial charge >= 0.3 is 0 Å². The van der Waals surface area contributed by atoms with Crippen molar-refractivity contribution < 1.29 is 14.3 Å². The molecule has 1 amide bonds. The van der Waals surface area contributed by atoms with E-state index in [-0.39, 0.29) is 5.91 Å². The van der Waals surface area contributed by atoms with Gasteiger partial charge in [-0.1, -0.05) is 12.1 Å². The highest BCUT2D eigenvalue weighted by Gasteiger charge is 2.15. The molecule has 0 spiro atoms. The number of nitrogens with zero attached hydrogens (tertiary/aromatic N) is 3. The van der Waals surface area contributed by atoms with E-state index in [4.69, 9.17) is 9.47 Å². The van der Waals surface area contributed by atoms with Crippen LogP contribution in [0.3, 0.4) is 0 Å². The third-order valence-electron chi connectivity index (χ3n) is 4.51. The lowest BCUT2D eigenvalue weighted by Crippen LogP contribution is -2.36. The van der Waals surface area contributed by atoms with E-state index >= 15 is 0 Å². The van der Waals surface area contributed by atoms with Crippen molar-refractivity contribution in [3.8, 4) is 5.75 Å². The van der Waals surface area contributed by atoms with Crippen LogP contribution in [-0.2, 0) is 11.3 Å². The van der Waals surface area contributed by atoms with Gasteiger partial charge in [0.25, 0.3) is 5.91 Å². The zero-order chi connectivity index (χ0) is 20.1. The third kappa shape index (κ3) is 4.90. The number of thiazole rings is 1. The highest BCUT2D eigenvalue weighted by atomic mass is 32.1. The second-order valence-electron chi connectivity index (χ2n) is 6.60. The number of nitrogens with one attached hydrogen (secondary N) is 1. The highest BCUT2D eigenvalue weighted by Crippen LogP contribution is 2.22. The van der Waals surface area contributed by atoms with Gasteiger partial charge < -0.3 is 19.7 Å². The van der Waals surface area contributed by atoms with E-state index < -0.39 is 0 Å². The Morgan fingerprint density at radius 3 is 2.79 bits per heavy atom. The van der Waals surface area contributed by atoms with Gasteiger partial charge in [0, 0.05) is 18.5 Å². The van der Waals surface area contributed by atoms with Gasteiger partial charge in [0.2, 0.25) is 0 Å². The van der Waals surface area contributed by atoms with Crippen LogP contribution < -0.4 is 15.0 Å². The molecule has 0 bridgehead atoms. The number of benzene rings is 1. The molecular formula is C21H22N4O3S. The Labute approximate surface area is 173 Å². The quantitative estimate of drug-likeness (QED) is 0.670. The molecule has 0 aliphatic carbocycles. The Hall–Kier alpha value is -2.97. The maximum absolute atomic E-state index is 12.8. The number of carbonyl (C=O) groups excluding carboxylic acids is 1. The Morgan fingerprint density at radius 1 is 1.24 bits per heavy atom. The Morgan fingerprint density at radius 2 is 2.07 bits per heavy atom. The number of carbonyl (C=O) groups is 1. The summed E-state index contributed by atoms with van der Waals surface area (Å²) in [5.74, 6) is 1.16. The molecule has 1 aliphatic heterocycles. The van der Waals surface area contributed by atoms with Crippen LogP contribution in [0, 0.1) is 6.92 Å². The molecule has 2 aromatic heterocycles. The normalized spacial score (nSPS) is 13.9. The van der Waals surface area contributed by atoms with Crippen LogP contribution >= 0.6 is 11.3 Å². The van der Waals surface area contributed by atoms with Crippen molar-refractivity contribution >= 4 is 28.7 Å². The van der Waals surface area contributed by atoms with Crippen molar-refractivity contribution in [1.29, 1.82) is 0 Å². The Kier molecular flexibility index (Phi) is 6.02. The molecular weight excluding hydrogens is 388 g/mol. The average molecular weight is 410 g/mol. The SMILES string of the molecule is Cc1nc(COc2ccccc2C(=O)Nc2ccc(N3CCOCC3)nc2)cs1. The molecule has 1 N–H and O–H groups in total. The van der Waals surface area contributed by atoms with Gasteiger partial charge in [-0.2, -0.15) is 0 Å². The van der Waals surface area contributed by atoms with Crippen molar-refractivity contribution in [2.75, 3.05) is 36.5 Å². The number of rotatable bonds is 6. The first-order chi connectivity index (χ1) is 14.2. The van der Waals surface area contributed by atoms with E-state index in [0.717, 1.165) is 29.6 Å². The predicted molar refractivity (Wildman–Crippen MR) is 113 cm³/mol. The minimum absolute atomic E-state index is 0.240. The number of amides is 1. The van der Waals surface area contributed by atoms with E-state index in [1.165, 1.54) is 0 Å². The summed E-state index contributed by atoms with van der Waals surface area (Å²) in [6.45, 7) is 5.33. The van der Waals surface area contributed by atoms with E-state index in [0.29, 0.717) is 36.8 Å². The maximum Gasteiger partial charge on any atom is 0.259 e. The fourth-order valence-corrected chi connectivity index (χ4v) is 3.64. The first-order valence-electron chi connectivity index (χ1n) is 9.42. The number of aryl methyl sites for hydroxylation is 1. The number of hydrogen-bond acceptors (Lipinski definition) is 7. The van der Waals surface area contributed by atoms with Gasteiger partial charge in [0.1, 0.15) is 18.2 Å². The molecule has 3 aromatic rings. The number of para-hydroxylation sites is 1. The molecule has 0 saturated carbocycles. The summed E-state index contributed by atoms with van der Waals surface area (Å²) in [7, 11) is 0. The zero-order valence-electron chi connectivity index (χ0n) is 16.1. The summed E-state index contributed by atoms with van der Waals surface area (Å²) in [4.78, 5) is 23.8. The molecule has 7 nitrogen and oxygen atoms in total. The molecule has 29 heavy (non-hydrogen) atoms. The van der Waals surface area contributed by atoms with Crippen LogP contribution in [0.15, 0.2) is 48.0 Å². The summed E-state index contributed by atoms with van der Waals surface area (Å²) < 4.78 is 11.2. The lowest BCUT2D eigenvalue weighted by Gasteiger charge is -2.27. The van der Waals surface area contributed by atoms with Gasteiger partial charge in [-0.05, 0) is 31.2 Å². The Balaban J connectivity index is 1.41. The molecule has 0 unspecified atom stereocenters. The van der Waals surface area contributed by atoms with Crippen molar-refractivity contribution in [3.05, 3.63) is 64.2 Å². The molecule has 4 rings (SSSR count). The van der Waals surface area contributed by atoms with Crippen LogP contribution in [0.25, 0.3) is 0 Å². The molecule has 1 fully saturated rings. The summed E-state index contributed by atoms with van der Waals surface area (Å²) in [5, 5.41) is 5.84. The second-order valence-corrected chi connectivity index (χ2v) is 7.66. The molecule has 3 heterocycles. The van der Waals surface area contributed by atoms with Gasteiger partial charge in [-0.15, -0.1) is 11.3 Å². The lowest BCUT2D eigenvalue weighted by atomic mass is 10.2. The fraction of sp³-hybridized carbons (Fsp3) is 0.286. The minimum atomic E-state index is -0.240. The summed E-state index contributed by atoms with van der Waals surface area (Å²) in [5.41, 5.74) is 1.96. The second kappa shape index (κ2) is 9.02. The number of ether oxygens (including phenoxy) is 2. The van der Waals surface area contributed by atoms with Crippen molar-refractivity contribution in [1.82, 2.24) is 9.97 Å². The van der Waals surface area contributed by atoms with Crippen LogP contribution in [0.5, 0.6) is 5.75 Å². The van der Waals surface area contributed by atoms with Gasteiger partial charge in [-0.25, -0.2) is 9.97 Å². The molecule has 0 radical (unpaired) electrons. The number of morpholine rings is 1. The third-order valence-corrected chi connectivity index (χ3v) is 5.34. The number of pyridine rings is 1. The smallest absolute Gasteiger partial charge is 0.259 e. The number of aromatic nitrogens is 2. The van der Waals surface area contributed by atoms with Gasteiger partial charge in [0.05, 0.1) is 41.4 Å². The van der Waals surface area contributed by atoms with Crippen molar-refractivity contribution in [2.24, 2.45) is 0 Å². The average Bonchev–Trinajstić information content (AvgIpc) is 3.19. The molecule has 150 valence electrons. The first-order valence-corrected chi connectivity index (χ1v) is 10.3. The van der Waals surface area contributed by atoms with Crippen molar-refractivity contribution in [2.45, 2.75) is 13.5 Å². The summed E-state index contributed by atoms with van der Waals surface area (Å²) >= 11 is 1.58. The maximum atomic E-state index is 12.8. The molecule has 0 atom stereocenters. The largest absolute Gasteiger partial charge is 0.486 e. The number of hydrogen-bond donors (Lipinski definition) is 1. The molecule has 8 heteroatoms. The monoisotopic (exact) mass is 410 g/mol. The van der Waals surface area contributed by atoms with E-state index in [1.807, 2.05) is 36.6 Å². The topological polar surface area (TPSA) is 76.6 Å². The molecule has 1 saturated heterocycles. The zero-order valence-corrected chi connectivity index (χ0v) is 16.9. The Bertz CT molecular complexity index is 968. The lowest BCUT2D eigenvalue weighted by molar-refractivity contribution is 0.102. The van der Waals surface area contributed by atoms with Crippen LogP contribution in [0.1, 0.15) is 21.1 Å². The molecule has 1 aromatic carbocycles. The van der Waals surface area contributed by atoms with Gasteiger partial charge in [-0.3, -0.25) is 4.79 Å². The molecule has 1 aliphatic rings. The number of anilines is 2. The fourth-order valence-electron chi connectivity index (χ4n) is 3.04. The van der Waals surface area contributed by atoms with Crippen LogP contribution in [0.4, 0.5) is 11.5 Å². The van der Waals surface area contributed by atoms with E-state index in [2.05, 4.69) is 20.2 Å². The van der Waals surface area contributed by atoms with Crippen LogP contribution in [0.2, 0.25) is 0 Å². The van der Waals surface area contributed by atoms with E-state index in [1.54, 1.807) is 29.7 Å². The highest BCUT2D eigenvalue weighted by molar-refractivity contribution is 7.09. The minimum Gasteiger partial charge on any atom is -0.486 e. The standard InChI is InChI=1S/C21H22N4O3S/c1-15-23-17(14-29-15)13-28-19-5-3-2-4-18(19)21(26)24-16-6-7-20(22-12-16)25-8-10-27-11-9-25/h2-7,12,14H,8-11,13H2,1H3,(H,24,26).